The van der Waals surface area contributed by atoms with Crippen LogP contribution in [0.4, 0.5) is 0 Å². The van der Waals surface area contributed by atoms with Crippen LogP contribution in [0.5, 0.6) is 0 Å². The van der Waals surface area contributed by atoms with Gasteiger partial charge in [-0.2, -0.15) is 16.8 Å². The minimum absolute atomic E-state index is 0.0487. The number of aliphatic hydroxyl groups is 7. The van der Waals surface area contributed by atoms with Crippen molar-refractivity contribution in [2.75, 3.05) is 13.2 Å². The van der Waals surface area contributed by atoms with Crippen LogP contribution in [0.3, 0.4) is 0 Å². The molecule has 0 amide bonds. The van der Waals surface area contributed by atoms with Gasteiger partial charge in [-0.3, -0.25) is 9.11 Å². The third-order valence-corrected chi connectivity index (χ3v) is 8.81. The summed E-state index contributed by atoms with van der Waals surface area (Å²) in [6, 6.07) is 0. The number of rotatable bonds is 12. The van der Waals surface area contributed by atoms with E-state index in [1.807, 2.05) is 0 Å². The second kappa shape index (κ2) is 14.0. The van der Waals surface area contributed by atoms with E-state index in [4.69, 9.17) is 33.0 Å². The Morgan fingerprint density at radius 2 is 1.38 bits per heavy atom. The number of ether oxygens (including phenoxy) is 6. The molecule has 0 aromatic heterocycles. The average Bonchev–Trinajstić information content (AvgIpc) is 2.91. The van der Waals surface area contributed by atoms with Crippen molar-refractivity contribution < 1.29 is 98.5 Å². The van der Waals surface area contributed by atoms with Gasteiger partial charge in [0, 0.05) is 13.0 Å². The Kier molecular flexibility index (Phi) is 11.5. The molecule has 9 N–H and O–H groups in total. The molecule has 0 spiro atoms. The largest absolute Gasteiger partial charge is 0.400 e. The highest BCUT2D eigenvalue weighted by molar-refractivity contribution is 7.81. The van der Waals surface area contributed by atoms with Crippen molar-refractivity contribution >= 4 is 20.8 Å². The second-order valence-electron chi connectivity index (χ2n) is 11.1. The van der Waals surface area contributed by atoms with Gasteiger partial charge < -0.3 is 64.2 Å². The first-order valence-electron chi connectivity index (χ1n) is 13.8. The van der Waals surface area contributed by atoms with Gasteiger partial charge in [-0.25, -0.2) is 8.37 Å². The van der Waals surface area contributed by atoms with Crippen LogP contribution in [0.1, 0.15) is 26.7 Å². The van der Waals surface area contributed by atoms with E-state index >= 15 is 0 Å². The summed E-state index contributed by atoms with van der Waals surface area (Å²) >= 11 is 0. The second-order valence-corrected chi connectivity index (χ2v) is 13.1. The Morgan fingerprint density at radius 3 is 1.96 bits per heavy atom. The van der Waals surface area contributed by atoms with Gasteiger partial charge >= 0.3 is 20.8 Å². The van der Waals surface area contributed by atoms with Crippen LogP contribution in [0.15, 0.2) is 0 Å². The molecule has 4 fully saturated rings. The summed E-state index contributed by atoms with van der Waals surface area (Å²) in [5.74, 6) is -4.71. The number of hydrogen-bond donors (Lipinski definition) is 9. The van der Waals surface area contributed by atoms with Crippen molar-refractivity contribution in [3.05, 3.63) is 0 Å². The van der Waals surface area contributed by atoms with Gasteiger partial charge in [-0.15, -0.1) is 0 Å². The van der Waals surface area contributed by atoms with Gasteiger partial charge in [0.25, 0.3) is 0 Å². The van der Waals surface area contributed by atoms with Gasteiger partial charge in [-0.1, -0.05) is 6.92 Å². The maximum Gasteiger partial charge on any atom is 0.400 e. The minimum Gasteiger partial charge on any atom is -0.394 e. The van der Waals surface area contributed by atoms with Crippen molar-refractivity contribution in [2.45, 2.75) is 118 Å². The number of hydrogen-bond acceptors (Lipinski definition) is 19. The molecule has 4 rings (SSSR count). The molecule has 3 heterocycles. The zero-order valence-corrected chi connectivity index (χ0v) is 25.4. The first-order valence-corrected chi connectivity index (χ1v) is 16.5. The topological polar surface area (TPSA) is 324 Å². The van der Waals surface area contributed by atoms with Gasteiger partial charge in [0.1, 0.15) is 54.9 Å². The Bertz CT molecular complexity index is 1220. The molecule has 3 aliphatic heterocycles. The Balaban J connectivity index is 1.64. The molecule has 1 unspecified atom stereocenters. The van der Waals surface area contributed by atoms with E-state index in [0.29, 0.717) is 6.42 Å². The summed E-state index contributed by atoms with van der Waals surface area (Å²) in [5.41, 5.74) is 0. The Labute approximate surface area is 257 Å². The van der Waals surface area contributed by atoms with Crippen LogP contribution in [-0.2, 0) is 57.6 Å². The van der Waals surface area contributed by atoms with Crippen LogP contribution < -0.4 is 0 Å². The Morgan fingerprint density at radius 1 is 0.778 bits per heavy atom. The van der Waals surface area contributed by atoms with E-state index in [2.05, 4.69) is 8.37 Å². The van der Waals surface area contributed by atoms with Crippen LogP contribution in [0.2, 0.25) is 0 Å². The van der Waals surface area contributed by atoms with E-state index < -0.39 is 132 Å². The van der Waals surface area contributed by atoms with E-state index in [9.17, 15) is 57.1 Å². The van der Waals surface area contributed by atoms with Gasteiger partial charge in [-0.05, 0) is 13.3 Å². The van der Waals surface area contributed by atoms with E-state index in [0.717, 1.165) is 0 Å². The van der Waals surface area contributed by atoms with E-state index in [1.54, 1.807) is 6.92 Å². The molecule has 1 saturated carbocycles. The minimum atomic E-state index is -5.41. The first-order chi connectivity index (χ1) is 20.8. The molecular weight excluding hydrogens is 664 g/mol. The van der Waals surface area contributed by atoms with Crippen molar-refractivity contribution in [3.63, 3.8) is 0 Å². The SMILES string of the molecule is CCCO[C@@H]1O[C@H](CO)[C@@H](O[C@@H]2O[C@@H](C)[C@@H](O)[C@@H](O)[C@@H]2O)[C@H](O[C@@H]2O[C@@H]3CC(O)(OS(=O)(=O)O)[C@@H]3[C@H](OS(=O)(=O)O)[C@H]2O)[C@H]1O. The maximum absolute atomic E-state index is 11.6. The molecule has 0 radical (unpaired) electrons. The first kappa shape index (κ1) is 37.0. The highest BCUT2D eigenvalue weighted by atomic mass is 32.3. The molecule has 23 heteroatoms. The molecule has 45 heavy (non-hydrogen) atoms. The molecule has 21 nitrogen and oxygen atoms in total. The lowest BCUT2D eigenvalue weighted by molar-refractivity contribution is -0.410. The third kappa shape index (κ3) is 8.10. The predicted molar refractivity (Wildman–Crippen MR) is 137 cm³/mol. The molecular formula is C22H38O21S2. The fourth-order valence-corrected chi connectivity index (χ4v) is 6.77. The van der Waals surface area contributed by atoms with Crippen LogP contribution in [0.25, 0.3) is 0 Å². The molecule has 3 saturated heterocycles. The Hall–Kier alpha value is -0.780. The fraction of sp³-hybridized carbons (Fsp3) is 1.00. The van der Waals surface area contributed by atoms with Crippen molar-refractivity contribution in [3.8, 4) is 0 Å². The summed E-state index contributed by atoms with van der Waals surface area (Å²) in [6.07, 6.45) is -24.3. The standard InChI is InChI=1S/C22H38O21S2/c1-3-4-36-19-15(28)18(16(9(6-23)39-19)40-20-13(26)12(25)11(24)7(2)37-20)41-21-14(27)17(42-44(30,31)32)10-8(38-21)5-22(10,29)43-45(33,34)35/h7-21,23-29H,3-6H2,1-2H3,(H,30,31,32)(H,33,34,35)/t7-,8+,9+,10-,11+,12+,13-,14+,15+,16+,17-,18+,19+,20-,21-,22?/m0/s1. The lowest BCUT2D eigenvalue weighted by atomic mass is 9.68. The zero-order chi connectivity index (χ0) is 33.6. The normalized spacial score (nSPS) is 47.6. The number of aliphatic hydroxyl groups excluding tert-OH is 6. The predicted octanol–water partition coefficient (Wildman–Crippen LogP) is -5.11. The molecule has 1 aliphatic carbocycles. The van der Waals surface area contributed by atoms with Crippen molar-refractivity contribution in [1.29, 1.82) is 0 Å². The van der Waals surface area contributed by atoms with Crippen molar-refractivity contribution in [1.82, 2.24) is 0 Å². The molecule has 0 aromatic carbocycles. The highest BCUT2D eigenvalue weighted by Crippen LogP contribution is 2.51. The highest BCUT2D eigenvalue weighted by Gasteiger charge is 2.67. The van der Waals surface area contributed by atoms with E-state index in [-0.39, 0.29) is 6.61 Å². The zero-order valence-electron chi connectivity index (χ0n) is 23.7. The molecule has 264 valence electrons. The summed E-state index contributed by atoms with van der Waals surface area (Å²) in [5, 5.41) is 73.7. The lowest BCUT2D eigenvalue weighted by Gasteiger charge is -2.57. The summed E-state index contributed by atoms with van der Waals surface area (Å²) in [7, 11) is -10.7. The molecule has 4 aliphatic rings. The average molecular weight is 703 g/mol. The van der Waals surface area contributed by atoms with Gasteiger partial charge in [0.15, 0.2) is 24.7 Å². The van der Waals surface area contributed by atoms with Gasteiger partial charge in [0.2, 0.25) is 0 Å². The third-order valence-electron chi connectivity index (χ3n) is 7.85. The maximum atomic E-state index is 11.6. The lowest BCUT2D eigenvalue weighted by Crippen LogP contribution is -2.73. The summed E-state index contributed by atoms with van der Waals surface area (Å²) in [6.45, 7) is 2.33. The monoisotopic (exact) mass is 702 g/mol. The van der Waals surface area contributed by atoms with Crippen molar-refractivity contribution in [2.24, 2.45) is 5.92 Å². The van der Waals surface area contributed by atoms with E-state index in [1.165, 1.54) is 6.92 Å². The summed E-state index contributed by atoms with van der Waals surface area (Å²) in [4.78, 5) is 0. The van der Waals surface area contributed by atoms with Crippen LogP contribution in [0, 0.1) is 5.92 Å². The molecule has 0 bridgehead atoms. The van der Waals surface area contributed by atoms with Crippen LogP contribution in [-0.4, -0.2) is 167 Å². The smallest absolute Gasteiger partial charge is 0.394 e. The van der Waals surface area contributed by atoms with Gasteiger partial charge in [0.05, 0.1) is 24.7 Å². The number of fused-ring (bicyclic) bond motifs is 1. The summed E-state index contributed by atoms with van der Waals surface area (Å²) < 4.78 is 107. The fourth-order valence-electron chi connectivity index (χ4n) is 5.71. The quantitative estimate of drug-likeness (QED) is 0.0678. The molecule has 0 aromatic rings. The molecule has 16 atom stereocenters. The van der Waals surface area contributed by atoms with Crippen LogP contribution >= 0.6 is 0 Å².